The van der Waals surface area contributed by atoms with Gasteiger partial charge in [-0.2, -0.15) is 4.31 Å². The highest BCUT2D eigenvalue weighted by Gasteiger charge is 2.34. The van der Waals surface area contributed by atoms with Gasteiger partial charge in [-0.3, -0.25) is 9.59 Å². The zero-order valence-corrected chi connectivity index (χ0v) is 23.9. The first kappa shape index (κ1) is 28.0. The molecule has 9 heteroatoms. The van der Waals surface area contributed by atoms with E-state index in [-0.39, 0.29) is 48.2 Å². The van der Waals surface area contributed by atoms with Crippen LogP contribution in [0.1, 0.15) is 69.4 Å². The molecule has 1 unspecified atom stereocenters. The quantitative estimate of drug-likeness (QED) is 0.265. The molecule has 2 aromatic carbocycles. The van der Waals surface area contributed by atoms with Gasteiger partial charge in [-0.1, -0.05) is 37.3 Å². The molecule has 38 heavy (non-hydrogen) atoms. The SMILES string of the molecule is CC[C@@H]1CN(Cc2cc(C(CC(=O)OC)c3sc(C(C)=O)cc3C)ccc2C)S(=O)(=O)c2ccccc2O1. The van der Waals surface area contributed by atoms with Crippen molar-refractivity contribution in [2.75, 3.05) is 13.7 Å². The van der Waals surface area contributed by atoms with E-state index in [4.69, 9.17) is 9.47 Å². The van der Waals surface area contributed by atoms with E-state index in [0.29, 0.717) is 17.0 Å². The molecule has 0 fully saturated rings. The van der Waals surface area contributed by atoms with Gasteiger partial charge in [-0.25, -0.2) is 8.42 Å². The Hall–Kier alpha value is -3.01. The number of carbonyl (C=O) groups is 2. The number of aryl methyl sites for hydroxylation is 2. The molecule has 0 amide bonds. The molecule has 2 atom stereocenters. The van der Waals surface area contributed by atoms with Crippen LogP contribution < -0.4 is 4.74 Å². The van der Waals surface area contributed by atoms with Gasteiger partial charge in [0, 0.05) is 17.3 Å². The third-order valence-corrected chi connectivity index (χ3v) is 10.3. The van der Waals surface area contributed by atoms with Crippen molar-refractivity contribution in [2.45, 2.75) is 64.0 Å². The average Bonchev–Trinajstić information content (AvgIpc) is 3.24. The summed E-state index contributed by atoms with van der Waals surface area (Å²) in [6, 6.07) is 14.5. The molecule has 0 bridgehead atoms. The fourth-order valence-electron chi connectivity index (χ4n) is 4.70. The van der Waals surface area contributed by atoms with Gasteiger partial charge in [0.15, 0.2) is 5.78 Å². The summed E-state index contributed by atoms with van der Waals surface area (Å²) < 4.78 is 39.9. The van der Waals surface area contributed by atoms with Gasteiger partial charge in [0.05, 0.1) is 25.0 Å². The highest BCUT2D eigenvalue weighted by molar-refractivity contribution is 7.89. The number of Topliss-reactive ketones (excluding diaryl/α,β-unsaturated/α-hetero) is 1. The van der Waals surface area contributed by atoms with Gasteiger partial charge in [-0.15, -0.1) is 11.3 Å². The van der Waals surface area contributed by atoms with E-state index in [1.54, 1.807) is 24.3 Å². The van der Waals surface area contributed by atoms with Crippen molar-refractivity contribution >= 4 is 33.1 Å². The van der Waals surface area contributed by atoms with E-state index >= 15 is 0 Å². The molecule has 0 N–H and O–H groups in total. The first-order valence-electron chi connectivity index (χ1n) is 12.6. The summed E-state index contributed by atoms with van der Waals surface area (Å²) in [5, 5.41) is 0. The van der Waals surface area contributed by atoms with Crippen molar-refractivity contribution in [3.63, 3.8) is 0 Å². The van der Waals surface area contributed by atoms with Crippen LogP contribution in [0.5, 0.6) is 5.75 Å². The topological polar surface area (TPSA) is 90.0 Å². The predicted octanol–water partition coefficient (Wildman–Crippen LogP) is 5.62. The van der Waals surface area contributed by atoms with Crippen molar-refractivity contribution in [2.24, 2.45) is 0 Å². The number of ketones is 1. The van der Waals surface area contributed by atoms with Crippen LogP contribution >= 0.6 is 11.3 Å². The Bertz CT molecular complexity index is 1460. The van der Waals surface area contributed by atoms with E-state index in [9.17, 15) is 18.0 Å². The summed E-state index contributed by atoms with van der Waals surface area (Å²) in [6.07, 6.45) is 0.498. The minimum atomic E-state index is -3.80. The molecule has 7 nitrogen and oxygen atoms in total. The number of fused-ring (bicyclic) bond motifs is 1. The number of esters is 1. The van der Waals surface area contributed by atoms with Gasteiger partial charge >= 0.3 is 5.97 Å². The van der Waals surface area contributed by atoms with Crippen LogP contribution in [0, 0.1) is 13.8 Å². The molecule has 4 rings (SSSR count). The monoisotopic (exact) mass is 555 g/mol. The Morgan fingerprint density at radius 1 is 1.13 bits per heavy atom. The molecule has 0 spiro atoms. The van der Waals surface area contributed by atoms with Crippen molar-refractivity contribution in [1.29, 1.82) is 0 Å². The highest BCUT2D eigenvalue weighted by Crippen LogP contribution is 2.38. The molecule has 0 saturated carbocycles. The van der Waals surface area contributed by atoms with Crippen LogP contribution in [0.4, 0.5) is 0 Å². The normalized spacial score (nSPS) is 17.7. The molecule has 3 aromatic rings. The molecular weight excluding hydrogens is 522 g/mol. The second kappa shape index (κ2) is 11.4. The Morgan fingerprint density at radius 3 is 2.53 bits per heavy atom. The third-order valence-electron chi connectivity index (χ3n) is 6.96. The predicted molar refractivity (Wildman–Crippen MR) is 147 cm³/mol. The molecule has 1 aromatic heterocycles. The maximum absolute atomic E-state index is 13.7. The minimum absolute atomic E-state index is 0.0230. The number of para-hydroxylation sites is 1. The third kappa shape index (κ3) is 5.70. The Kier molecular flexibility index (Phi) is 8.40. The summed E-state index contributed by atoms with van der Waals surface area (Å²) >= 11 is 1.39. The zero-order valence-electron chi connectivity index (χ0n) is 22.3. The van der Waals surface area contributed by atoms with Gasteiger partial charge in [-0.05, 0) is 67.6 Å². The average molecular weight is 556 g/mol. The highest BCUT2D eigenvalue weighted by atomic mass is 32.2. The Labute approximate surface area is 228 Å². The van der Waals surface area contributed by atoms with Crippen LogP contribution in [0.25, 0.3) is 0 Å². The van der Waals surface area contributed by atoms with Crippen molar-refractivity contribution in [3.8, 4) is 5.75 Å². The Morgan fingerprint density at radius 2 is 1.87 bits per heavy atom. The van der Waals surface area contributed by atoms with Crippen LogP contribution in [-0.2, 0) is 26.1 Å². The molecule has 0 aliphatic carbocycles. The second-order valence-corrected chi connectivity index (χ2v) is 12.6. The van der Waals surface area contributed by atoms with Crippen molar-refractivity contribution in [3.05, 3.63) is 80.5 Å². The van der Waals surface area contributed by atoms with Crippen molar-refractivity contribution < 1.29 is 27.5 Å². The molecule has 2 heterocycles. The van der Waals surface area contributed by atoms with E-state index in [0.717, 1.165) is 27.1 Å². The molecule has 0 saturated heterocycles. The Balaban J connectivity index is 1.75. The van der Waals surface area contributed by atoms with Crippen molar-refractivity contribution in [1.82, 2.24) is 4.31 Å². The minimum Gasteiger partial charge on any atom is -0.488 e. The standard InChI is InChI=1S/C29H33NO6S2/c1-6-23-17-30(38(33,34)27-10-8-7-9-25(27)36-23)16-22-14-21(12-11-18(22)2)24(15-28(32)35-5)29-19(3)13-26(37-29)20(4)31/h7-14,23-24H,6,15-17H2,1-5H3/t23-,24?/m1/s1. The van der Waals surface area contributed by atoms with Gasteiger partial charge in [0.2, 0.25) is 10.0 Å². The number of methoxy groups -OCH3 is 1. The largest absolute Gasteiger partial charge is 0.488 e. The number of nitrogens with zero attached hydrogens (tertiary/aromatic N) is 1. The van der Waals surface area contributed by atoms with Gasteiger partial charge in [0.25, 0.3) is 0 Å². The van der Waals surface area contributed by atoms with E-state index in [2.05, 4.69) is 0 Å². The van der Waals surface area contributed by atoms with Crippen LogP contribution in [0.2, 0.25) is 0 Å². The number of carbonyl (C=O) groups excluding carboxylic acids is 2. The van der Waals surface area contributed by atoms with Crippen LogP contribution in [0.3, 0.4) is 0 Å². The smallest absolute Gasteiger partial charge is 0.306 e. The van der Waals surface area contributed by atoms with E-state index < -0.39 is 10.0 Å². The van der Waals surface area contributed by atoms with E-state index in [1.165, 1.54) is 29.7 Å². The van der Waals surface area contributed by atoms with Crippen LogP contribution in [0.15, 0.2) is 53.4 Å². The molecular formula is C29H33NO6S2. The molecule has 1 aliphatic rings. The number of hydrogen-bond acceptors (Lipinski definition) is 7. The number of thiophene rings is 1. The maximum Gasteiger partial charge on any atom is 0.306 e. The lowest BCUT2D eigenvalue weighted by Crippen LogP contribution is -2.36. The summed E-state index contributed by atoms with van der Waals surface area (Å²) in [5.41, 5.74) is 3.59. The lowest BCUT2D eigenvalue weighted by Gasteiger charge is -2.24. The molecule has 0 radical (unpaired) electrons. The van der Waals surface area contributed by atoms with E-state index in [1.807, 2.05) is 45.0 Å². The second-order valence-electron chi connectivity index (χ2n) is 9.63. The number of hydrogen-bond donors (Lipinski definition) is 0. The van der Waals surface area contributed by atoms with Gasteiger partial charge < -0.3 is 9.47 Å². The summed E-state index contributed by atoms with van der Waals surface area (Å²) in [7, 11) is -2.44. The summed E-state index contributed by atoms with van der Waals surface area (Å²) in [6.45, 7) is 7.79. The fourth-order valence-corrected chi connectivity index (χ4v) is 7.47. The number of sulfonamides is 1. The summed E-state index contributed by atoms with van der Waals surface area (Å²) in [4.78, 5) is 26.2. The zero-order chi connectivity index (χ0) is 27.6. The molecule has 202 valence electrons. The van der Waals surface area contributed by atoms with Gasteiger partial charge in [0.1, 0.15) is 16.7 Å². The fraction of sp³-hybridized carbons (Fsp3) is 0.379. The first-order chi connectivity index (χ1) is 18.0. The number of rotatable bonds is 8. The number of ether oxygens (including phenoxy) is 2. The molecule has 1 aliphatic heterocycles. The lowest BCUT2D eigenvalue weighted by atomic mass is 9.90. The number of benzene rings is 2. The summed E-state index contributed by atoms with van der Waals surface area (Å²) in [5.74, 6) is -0.331. The lowest BCUT2D eigenvalue weighted by molar-refractivity contribution is -0.140. The van der Waals surface area contributed by atoms with Crippen LogP contribution in [-0.4, -0.2) is 44.2 Å². The first-order valence-corrected chi connectivity index (χ1v) is 14.8. The maximum atomic E-state index is 13.7.